The molecule has 2 heterocycles. The molecule has 1 amide bonds. The molecule has 1 aliphatic heterocycles. The van der Waals surface area contributed by atoms with Crippen LogP contribution < -0.4 is 14.4 Å². The van der Waals surface area contributed by atoms with E-state index in [4.69, 9.17) is 9.47 Å². The Hall–Kier alpha value is -3.78. The Balaban J connectivity index is 1.40. The van der Waals surface area contributed by atoms with E-state index >= 15 is 0 Å². The number of hydrogen-bond donors (Lipinski definition) is 0. The number of anilines is 1. The number of para-hydroxylation sites is 3. The zero-order chi connectivity index (χ0) is 23.5. The first-order valence-electron chi connectivity index (χ1n) is 10.9. The summed E-state index contributed by atoms with van der Waals surface area (Å²) in [4.78, 5) is 15.4. The maximum atomic E-state index is 13.6. The fourth-order valence-electron chi connectivity index (χ4n) is 4.12. The van der Waals surface area contributed by atoms with Gasteiger partial charge in [-0.2, -0.15) is 0 Å². The highest BCUT2D eigenvalue weighted by Gasteiger charge is 2.33. The summed E-state index contributed by atoms with van der Waals surface area (Å²) in [7, 11) is 3.53. The number of benzene rings is 3. The van der Waals surface area contributed by atoms with Crippen LogP contribution in [-0.2, 0) is 11.8 Å². The number of ether oxygens (including phenoxy) is 2. The summed E-state index contributed by atoms with van der Waals surface area (Å²) in [6, 6.07) is 25.1. The summed E-state index contributed by atoms with van der Waals surface area (Å²) in [6.45, 7) is 0.402. The van der Waals surface area contributed by atoms with Crippen LogP contribution in [-0.4, -0.2) is 40.1 Å². The van der Waals surface area contributed by atoms with Crippen LogP contribution in [0.5, 0.6) is 11.5 Å². The van der Waals surface area contributed by atoms with Crippen LogP contribution in [0.4, 0.5) is 5.69 Å². The predicted octanol–water partition coefficient (Wildman–Crippen LogP) is 4.75. The first kappa shape index (κ1) is 22.0. The van der Waals surface area contributed by atoms with Gasteiger partial charge in [0.1, 0.15) is 18.1 Å². The zero-order valence-electron chi connectivity index (χ0n) is 18.9. The topological polar surface area (TPSA) is 69.5 Å². The molecule has 0 bridgehead atoms. The van der Waals surface area contributed by atoms with Gasteiger partial charge in [0, 0.05) is 7.05 Å². The number of hydrogen-bond acceptors (Lipinski definition) is 6. The number of aromatic nitrogens is 3. The lowest BCUT2D eigenvalue weighted by Crippen LogP contribution is -2.42. The van der Waals surface area contributed by atoms with Gasteiger partial charge in [-0.25, -0.2) is 0 Å². The molecule has 0 saturated heterocycles. The molecule has 4 aromatic rings. The van der Waals surface area contributed by atoms with Gasteiger partial charge in [-0.15, -0.1) is 10.2 Å². The Morgan fingerprint density at radius 2 is 1.76 bits per heavy atom. The van der Waals surface area contributed by atoms with Gasteiger partial charge in [-0.05, 0) is 29.8 Å². The largest absolute Gasteiger partial charge is 0.496 e. The summed E-state index contributed by atoms with van der Waals surface area (Å²) in [6.07, 6.45) is 0. The van der Waals surface area contributed by atoms with Crippen molar-refractivity contribution in [1.82, 2.24) is 14.8 Å². The molecule has 34 heavy (non-hydrogen) atoms. The van der Waals surface area contributed by atoms with Crippen molar-refractivity contribution < 1.29 is 14.3 Å². The molecule has 8 heteroatoms. The zero-order valence-corrected chi connectivity index (χ0v) is 19.7. The second kappa shape index (κ2) is 9.61. The summed E-state index contributed by atoms with van der Waals surface area (Å²) >= 11 is 1.37. The van der Waals surface area contributed by atoms with Crippen molar-refractivity contribution >= 4 is 23.4 Å². The summed E-state index contributed by atoms with van der Waals surface area (Å²) in [5.74, 6) is 2.32. The van der Waals surface area contributed by atoms with E-state index in [-0.39, 0.29) is 17.7 Å². The maximum Gasteiger partial charge on any atom is 0.238 e. The van der Waals surface area contributed by atoms with E-state index in [2.05, 4.69) is 10.2 Å². The molecule has 172 valence electrons. The van der Waals surface area contributed by atoms with Gasteiger partial charge in [0.25, 0.3) is 0 Å². The third-order valence-electron chi connectivity index (χ3n) is 5.79. The van der Waals surface area contributed by atoms with E-state index < -0.39 is 0 Å². The SMILES string of the molecule is COc1ccccc1-c1nnc(SCC(=O)N2c3ccccc3OC[C@@H]2c2ccccc2)n1C. The van der Waals surface area contributed by atoms with Crippen LogP contribution >= 0.6 is 11.8 Å². The van der Waals surface area contributed by atoms with Gasteiger partial charge >= 0.3 is 0 Å². The van der Waals surface area contributed by atoms with E-state index in [1.165, 1.54) is 11.8 Å². The van der Waals surface area contributed by atoms with Crippen LogP contribution in [0.1, 0.15) is 11.6 Å². The van der Waals surface area contributed by atoms with Crippen molar-refractivity contribution in [2.75, 3.05) is 24.4 Å². The Kier molecular flexibility index (Phi) is 6.22. The van der Waals surface area contributed by atoms with Crippen LogP contribution in [0, 0.1) is 0 Å². The highest BCUT2D eigenvalue weighted by atomic mass is 32.2. The van der Waals surface area contributed by atoms with Gasteiger partial charge in [0.15, 0.2) is 11.0 Å². The number of nitrogens with zero attached hydrogens (tertiary/aromatic N) is 4. The molecule has 1 atom stereocenters. The lowest BCUT2D eigenvalue weighted by atomic mass is 10.0. The minimum atomic E-state index is -0.201. The van der Waals surface area contributed by atoms with Crippen LogP contribution in [0.25, 0.3) is 11.4 Å². The first-order valence-corrected chi connectivity index (χ1v) is 11.9. The Labute approximate surface area is 202 Å². The predicted molar refractivity (Wildman–Crippen MR) is 132 cm³/mol. The van der Waals surface area contributed by atoms with Crippen LogP contribution in [0.15, 0.2) is 84.0 Å². The quantitative estimate of drug-likeness (QED) is 0.377. The minimum Gasteiger partial charge on any atom is -0.496 e. The number of fused-ring (bicyclic) bond motifs is 1. The van der Waals surface area contributed by atoms with Crippen LogP contribution in [0.2, 0.25) is 0 Å². The maximum absolute atomic E-state index is 13.6. The monoisotopic (exact) mass is 472 g/mol. The molecular formula is C26H24N4O3S. The average molecular weight is 473 g/mol. The third-order valence-corrected chi connectivity index (χ3v) is 6.80. The standard InChI is InChI=1S/C26H24N4O3S/c1-29-25(19-12-6-8-14-22(19)32-2)27-28-26(29)34-17-24(31)30-20-13-7-9-15-23(20)33-16-21(30)18-10-4-3-5-11-18/h3-15,21H,16-17H2,1-2H3/t21-/m1/s1. The van der Waals surface area contributed by atoms with Gasteiger partial charge < -0.3 is 14.0 Å². The first-order chi connectivity index (χ1) is 16.7. The van der Waals surface area contributed by atoms with E-state index in [0.29, 0.717) is 23.3 Å². The highest BCUT2D eigenvalue weighted by Crippen LogP contribution is 2.40. The number of methoxy groups -OCH3 is 1. The van der Waals surface area contributed by atoms with Crippen molar-refractivity contribution in [3.05, 3.63) is 84.4 Å². The number of rotatable bonds is 6. The molecule has 3 aromatic carbocycles. The fourth-order valence-corrected chi connectivity index (χ4v) is 4.89. The van der Waals surface area contributed by atoms with Crippen molar-refractivity contribution in [1.29, 1.82) is 0 Å². The van der Waals surface area contributed by atoms with Gasteiger partial charge in [-0.1, -0.05) is 66.4 Å². The number of carbonyl (C=O) groups excluding carboxylic acids is 1. The molecule has 5 rings (SSSR count). The molecule has 0 radical (unpaired) electrons. The molecule has 1 aliphatic rings. The molecule has 0 unspecified atom stereocenters. The van der Waals surface area contributed by atoms with E-state index in [1.807, 2.05) is 95.4 Å². The van der Waals surface area contributed by atoms with Gasteiger partial charge in [-0.3, -0.25) is 9.69 Å². The normalized spacial score (nSPS) is 14.9. The molecule has 0 saturated carbocycles. The summed E-state index contributed by atoms with van der Waals surface area (Å²) in [5, 5.41) is 9.34. The second-order valence-corrected chi connectivity index (χ2v) is 8.77. The number of carbonyl (C=O) groups is 1. The Morgan fingerprint density at radius 3 is 2.59 bits per heavy atom. The van der Waals surface area contributed by atoms with Crippen LogP contribution in [0.3, 0.4) is 0 Å². The molecule has 7 nitrogen and oxygen atoms in total. The van der Waals surface area contributed by atoms with Gasteiger partial charge in [0.05, 0.1) is 30.2 Å². The molecule has 1 aromatic heterocycles. The minimum absolute atomic E-state index is 0.0172. The molecule has 0 aliphatic carbocycles. The lowest BCUT2D eigenvalue weighted by Gasteiger charge is -2.37. The molecule has 0 N–H and O–H groups in total. The Bertz CT molecular complexity index is 1310. The molecule has 0 fully saturated rings. The highest BCUT2D eigenvalue weighted by molar-refractivity contribution is 7.99. The van der Waals surface area contributed by atoms with E-state index in [0.717, 1.165) is 22.6 Å². The second-order valence-electron chi connectivity index (χ2n) is 7.82. The lowest BCUT2D eigenvalue weighted by molar-refractivity contribution is -0.117. The average Bonchev–Trinajstić information content (AvgIpc) is 3.26. The number of thioether (sulfide) groups is 1. The fraction of sp³-hybridized carbons (Fsp3) is 0.192. The van der Waals surface area contributed by atoms with Crippen molar-refractivity contribution in [3.8, 4) is 22.9 Å². The summed E-state index contributed by atoms with van der Waals surface area (Å²) in [5.41, 5.74) is 2.66. The van der Waals surface area contributed by atoms with E-state index in [1.54, 1.807) is 7.11 Å². The van der Waals surface area contributed by atoms with Crippen molar-refractivity contribution in [2.45, 2.75) is 11.2 Å². The smallest absolute Gasteiger partial charge is 0.238 e. The summed E-state index contributed by atoms with van der Waals surface area (Å²) < 4.78 is 13.3. The van der Waals surface area contributed by atoms with E-state index in [9.17, 15) is 4.79 Å². The third kappa shape index (κ3) is 4.12. The molecule has 0 spiro atoms. The van der Waals surface area contributed by atoms with Crippen molar-refractivity contribution in [2.24, 2.45) is 7.05 Å². The van der Waals surface area contributed by atoms with Crippen molar-refractivity contribution in [3.63, 3.8) is 0 Å². The number of amides is 1. The van der Waals surface area contributed by atoms with Gasteiger partial charge in [0.2, 0.25) is 5.91 Å². The molecular weight excluding hydrogens is 448 g/mol. The Morgan fingerprint density at radius 1 is 1.03 bits per heavy atom.